The third-order valence-electron chi connectivity index (χ3n) is 1.87. The number of nitrogens with two attached hydrogens (primary N) is 1. The Labute approximate surface area is 84.6 Å². The van der Waals surface area contributed by atoms with Crippen molar-refractivity contribution in [2.45, 2.75) is 20.5 Å². The molecule has 1 aromatic carbocycles. The summed E-state index contributed by atoms with van der Waals surface area (Å²) in [5, 5.41) is 3.85. The van der Waals surface area contributed by atoms with Gasteiger partial charge in [0.2, 0.25) is 0 Å². The van der Waals surface area contributed by atoms with Gasteiger partial charge in [0.1, 0.15) is 6.61 Å². The molecule has 0 aliphatic heterocycles. The lowest BCUT2D eigenvalue weighted by atomic mass is 10.2. The normalized spacial score (nSPS) is 11.5. The van der Waals surface area contributed by atoms with Crippen molar-refractivity contribution in [3.05, 3.63) is 35.4 Å². The number of benzene rings is 1. The van der Waals surface area contributed by atoms with Gasteiger partial charge in [0.15, 0.2) is 0 Å². The molecular formula is C11H16N2O. The van der Waals surface area contributed by atoms with Crippen LogP contribution in [0.4, 0.5) is 0 Å². The number of nitrogens with zero attached hydrogens (tertiary/aromatic N) is 1. The Kier molecular flexibility index (Phi) is 4.13. The van der Waals surface area contributed by atoms with Crippen LogP contribution in [0.15, 0.2) is 29.4 Å². The standard InChI is InChI=1S/C11H16N2O/c1-9-3-5-11(6-4-9)8-14-13-10(2)7-12/h3-6H,7-8,12H2,1-2H3/b13-10+. The van der Waals surface area contributed by atoms with Crippen molar-refractivity contribution in [1.82, 2.24) is 0 Å². The van der Waals surface area contributed by atoms with Gasteiger partial charge in [-0.15, -0.1) is 0 Å². The zero-order valence-electron chi connectivity index (χ0n) is 8.66. The van der Waals surface area contributed by atoms with Crippen molar-refractivity contribution in [2.24, 2.45) is 10.9 Å². The minimum Gasteiger partial charge on any atom is -0.391 e. The number of hydrogen-bond donors (Lipinski definition) is 1. The zero-order valence-corrected chi connectivity index (χ0v) is 8.66. The average Bonchev–Trinajstić information content (AvgIpc) is 2.21. The zero-order chi connectivity index (χ0) is 10.4. The molecule has 3 nitrogen and oxygen atoms in total. The third kappa shape index (κ3) is 3.58. The lowest BCUT2D eigenvalue weighted by molar-refractivity contribution is 0.130. The molecule has 3 heteroatoms. The second kappa shape index (κ2) is 5.40. The molecule has 0 aliphatic carbocycles. The molecule has 0 unspecified atom stereocenters. The predicted octanol–water partition coefficient (Wildman–Crippen LogP) is 1.85. The van der Waals surface area contributed by atoms with Crippen LogP contribution in [-0.4, -0.2) is 12.3 Å². The summed E-state index contributed by atoms with van der Waals surface area (Å²) in [6, 6.07) is 8.17. The SMILES string of the molecule is C/C(CN)=N\OCc1ccc(C)cc1. The van der Waals surface area contributed by atoms with Crippen molar-refractivity contribution in [2.75, 3.05) is 6.54 Å². The van der Waals surface area contributed by atoms with Gasteiger partial charge in [-0.2, -0.15) is 0 Å². The highest BCUT2D eigenvalue weighted by Gasteiger charge is 1.92. The molecule has 0 aliphatic rings. The summed E-state index contributed by atoms with van der Waals surface area (Å²) in [7, 11) is 0. The number of hydrogen-bond acceptors (Lipinski definition) is 3. The summed E-state index contributed by atoms with van der Waals surface area (Å²) < 4.78 is 0. The van der Waals surface area contributed by atoms with Crippen LogP contribution in [-0.2, 0) is 11.4 Å². The Morgan fingerprint density at radius 1 is 1.36 bits per heavy atom. The van der Waals surface area contributed by atoms with Gasteiger partial charge in [0.25, 0.3) is 0 Å². The molecule has 0 spiro atoms. The van der Waals surface area contributed by atoms with E-state index in [1.165, 1.54) is 5.56 Å². The largest absolute Gasteiger partial charge is 0.391 e. The molecular weight excluding hydrogens is 176 g/mol. The lowest BCUT2D eigenvalue weighted by Gasteiger charge is -2.01. The van der Waals surface area contributed by atoms with E-state index in [4.69, 9.17) is 10.6 Å². The van der Waals surface area contributed by atoms with Crippen molar-refractivity contribution >= 4 is 5.71 Å². The summed E-state index contributed by atoms with van der Waals surface area (Å²) in [6.07, 6.45) is 0. The van der Waals surface area contributed by atoms with Gasteiger partial charge >= 0.3 is 0 Å². The Bertz CT molecular complexity index is 304. The highest BCUT2D eigenvalue weighted by Crippen LogP contribution is 2.04. The molecule has 0 saturated carbocycles. The fourth-order valence-electron chi connectivity index (χ4n) is 0.939. The van der Waals surface area contributed by atoms with Crippen molar-refractivity contribution < 1.29 is 4.84 Å². The Hall–Kier alpha value is -1.35. The monoisotopic (exact) mass is 192 g/mol. The van der Waals surface area contributed by atoms with Crippen molar-refractivity contribution in [1.29, 1.82) is 0 Å². The maximum Gasteiger partial charge on any atom is 0.142 e. The molecule has 2 N–H and O–H groups in total. The van der Waals surface area contributed by atoms with E-state index in [0.717, 1.165) is 11.3 Å². The maximum absolute atomic E-state index is 5.36. The van der Waals surface area contributed by atoms with Gasteiger partial charge in [-0.3, -0.25) is 0 Å². The highest BCUT2D eigenvalue weighted by atomic mass is 16.6. The van der Waals surface area contributed by atoms with Gasteiger partial charge in [0.05, 0.1) is 5.71 Å². The summed E-state index contributed by atoms with van der Waals surface area (Å²) in [5.41, 5.74) is 8.52. The average molecular weight is 192 g/mol. The minimum atomic E-state index is 0.438. The first kappa shape index (κ1) is 10.7. The van der Waals surface area contributed by atoms with Gasteiger partial charge in [-0.05, 0) is 19.4 Å². The molecule has 1 aromatic rings. The predicted molar refractivity (Wildman–Crippen MR) is 58.1 cm³/mol. The van der Waals surface area contributed by atoms with Crippen LogP contribution in [0.3, 0.4) is 0 Å². The molecule has 0 fully saturated rings. The number of aryl methyl sites for hydroxylation is 1. The maximum atomic E-state index is 5.36. The first-order valence-electron chi connectivity index (χ1n) is 4.63. The molecule has 1 rings (SSSR count). The minimum absolute atomic E-state index is 0.438. The molecule has 0 aromatic heterocycles. The van der Waals surface area contributed by atoms with Crippen LogP contribution in [0.25, 0.3) is 0 Å². The second-order valence-corrected chi connectivity index (χ2v) is 3.29. The van der Waals surface area contributed by atoms with Crippen LogP contribution in [0, 0.1) is 6.92 Å². The van der Waals surface area contributed by atoms with Gasteiger partial charge < -0.3 is 10.6 Å². The number of oxime groups is 1. The lowest BCUT2D eigenvalue weighted by Crippen LogP contribution is -2.09. The Balaban J connectivity index is 2.42. The van der Waals surface area contributed by atoms with E-state index in [9.17, 15) is 0 Å². The van der Waals surface area contributed by atoms with E-state index < -0.39 is 0 Å². The molecule has 0 saturated heterocycles. The summed E-state index contributed by atoms with van der Waals surface area (Å²) in [5.74, 6) is 0. The third-order valence-corrected chi connectivity index (χ3v) is 1.87. The fraction of sp³-hybridized carbons (Fsp3) is 0.364. The van der Waals surface area contributed by atoms with Crippen LogP contribution in [0.1, 0.15) is 18.1 Å². The fourth-order valence-corrected chi connectivity index (χ4v) is 0.939. The second-order valence-electron chi connectivity index (χ2n) is 3.29. The Morgan fingerprint density at radius 2 is 2.00 bits per heavy atom. The van der Waals surface area contributed by atoms with E-state index in [1.54, 1.807) is 0 Å². The number of rotatable bonds is 4. The van der Waals surface area contributed by atoms with Gasteiger partial charge in [-0.25, -0.2) is 0 Å². The summed E-state index contributed by atoms with van der Waals surface area (Å²) in [4.78, 5) is 5.12. The van der Waals surface area contributed by atoms with E-state index in [0.29, 0.717) is 13.2 Å². The van der Waals surface area contributed by atoms with E-state index >= 15 is 0 Å². The van der Waals surface area contributed by atoms with Crippen LogP contribution in [0.5, 0.6) is 0 Å². The molecule has 0 heterocycles. The van der Waals surface area contributed by atoms with Gasteiger partial charge in [0, 0.05) is 6.54 Å². The Morgan fingerprint density at radius 3 is 2.57 bits per heavy atom. The molecule has 76 valence electrons. The van der Waals surface area contributed by atoms with Crippen molar-refractivity contribution in [3.63, 3.8) is 0 Å². The van der Waals surface area contributed by atoms with E-state index in [2.05, 4.69) is 24.2 Å². The topological polar surface area (TPSA) is 47.6 Å². The van der Waals surface area contributed by atoms with Crippen LogP contribution < -0.4 is 5.73 Å². The molecule has 0 amide bonds. The van der Waals surface area contributed by atoms with E-state index in [-0.39, 0.29) is 0 Å². The van der Waals surface area contributed by atoms with E-state index in [1.807, 2.05) is 19.1 Å². The van der Waals surface area contributed by atoms with Gasteiger partial charge in [-0.1, -0.05) is 35.0 Å². The molecule has 14 heavy (non-hydrogen) atoms. The van der Waals surface area contributed by atoms with Crippen molar-refractivity contribution in [3.8, 4) is 0 Å². The first-order chi connectivity index (χ1) is 6.72. The highest BCUT2D eigenvalue weighted by molar-refractivity contribution is 5.83. The first-order valence-corrected chi connectivity index (χ1v) is 4.63. The summed E-state index contributed by atoms with van der Waals surface area (Å²) in [6.45, 7) is 4.84. The smallest absolute Gasteiger partial charge is 0.142 e. The van der Waals surface area contributed by atoms with Crippen LogP contribution in [0.2, 0.25) is 0 Å². The molecule has 0 atom stereocenters. The quantitative estimate of drug-likeness (QED) is 0.584. The molecule has 0 bridgehead atoms. The summed E-state index contributed by atoms with van der Waals surface area (Å²) >= 11 is 0. The molecule has 0 radical (unpaired) electrons. The van der Waals surface area contributed by atoms with Crippen LogP contribution >= 0.6 is 0 Å².